The fourth-order valence-corrected chi connectivity index (χ4v) is 3.41. The lowest BCUT2D eigenvalue weighted by atomic mass is 10.0. The Morgan fingerprint density at radius 2 is 2.20 bits per heavy atom. The van der Waals surface area contributed by atoms with Crippen LogP contribution >= 0.6 is 0 Å². The summed E-state index contributed by atoms with van der Waals surface area (Å²) in [5.41, 5.74) is 7.80. The molecule has 2 unspecified atom stereocenters. The Bertz CT molecular complexity index is 490. The van der Waals surface area contributed by atoms with Gasteiger partial charge in [0.15, 0.2) is 0 Å². The first-order valence-corrected chi connectivity index (χ1v) is 7.30. The van der Waals surface area contributed by atoms with Crippen LogP contribution in [0.1, 0.15) is 31.7 Å². The summed E-state index contributed by atoms with van der Waals surface area (Å²) < 4.78 is 0. The Kier molecular flexibility index (Phi) is 4.60. The summed E-state index contributed by atoms with van der Waals surface area (Å²) in [4.78, 5) is 13.1. The highest BCUT2D eigenvalue weighted by atomic mass is 16.6. The predicted octanol–water partition coefficient (Wildman–Crippen LogP) is 2.86. The third-order valence-electron chi connectivity index (χ3n) is 4.45. The SMILES string of the molecule is CCN(c1cccc([N+](=O)[O-])c1C)C1CCCC1CN. The maximum Gasteiger partial charge on any atom is 0.274 e. The maximum absolute atomic E-state index is 11.1. The first-order valence-electron chi connectivity index (χ1n) is 7.30. The molecular formula is C15H23N3O2. The summed E-state index contributed by atoms with van der Waals surface area (Å²) in [6, 6.07) is 5.74. The van der Waals surface area contributed by atoms with Gasteiger partial charge in [-0.3, -0.25) is 10.1 Å². The topological polar surface area (TPSA) is 72.4 Å². The molecule has 1 fully saturated rings. The first kappa shape index (κ1) is 14.8. The summed E-state index contributed by atoms with van der Waals surface area (Å²) in [5.74, 6) is 0.494. The largest absolute Gasteiger partial charge is 0.368 e. The van der Waals surface area contributed by atoms with Crippen LogP contribution in [0.5, 0.6) is 0 Å². The quantitative estimate of drug-likeness (QED) is 0.663. The van der Waals surface area contributed by atoms with Gasteiger partial charge in [-0.05, 0) is 45.2 Å². The standard InChI is InChI=1S/C15H23N3O2/c1-3-17(15-9-4-6-12(15)10-16)13-7-5-8-14(11(13)2)18(19)20/h5,7-8,12,15H,3-4,6,9-10,16H2,1-2H3. The van der Waals surface area contributed by atoms with Crippen LogP contribution in [-0.4, -0.2) is 24.1 Å². The number of nitro groups is 1. The maximum atomic E-state index is 11.1. The van der Waals surface area contributed by atoms with E-state index >= 15 is 0 Å². The van der Waals surface area contributed by atoms with Crippen molar-refractivity contribution in [3.8, 4) is 0 Å². The van der Waals surface area contributed by atoms with Gasteiger partial charge in [0.05, 0.1) is 10.5 Å². The third kappa shape index (κ3) is 2.63. The second-order valence-electron chi connectivity index (χ2n) is 5.46. The van der Waals surface area contributed by atoms with Crippen molar-refractivity contribution in [1.82, 2.24) is 0 Å². The van der Waals surface area contributed by atoms with Crippen molar-refractivity contribution < 1.29 is 4.92 Å². The highest BCUT2D eigenvalue weighted by Crippen LogP contribution is 2.36. The molecule has 5 nitrogen and oxygen atoms in total. The van der Waals surface area contributed by atoms with Gasteiger partial charge in [-0.2, -0.15) is 0 Å². The van der Waals surface area contributed by atoms with E-state index in [1.165, 1.54) is 6.42 Å². The minimum atomic E-state index is -0.304. The van der Waals surface area contributed by atoms with Crippen molar-refractivity contribution in [1.29, 1.82) is 0 Å². The Morgan fingerprint density at radius 1 is 1.45 bits per heavy atom. The van der Waals surface area contributed by atoms with Crippen molar-refractivity contribution in [3.05, 3.63) is 33.9 Å². The van der Waals surface area contributed by atoms with Gasteiger partial charge in [0.25, 0.3) is 5.69 Å². The molecule has 0 saturated heterocycles. The first-order chi connectivity index (χ1) is 9.60. The molecule has 1 aromatic rings. The van der Waals surface area contributed by atoms with Gasteiger partial charge in [-0.15, -0.1) is 0 Å². The van der Waals surface area contributed by atoms with E-state index in [0.29, 0.717) is 18.5 Å². The van der Waals surface area contributed by atoms with Gasteiger partial charge in [-0.25, -0.2) is 0 Å². The van der Waals surface area contributed by atoms with E-state index < -0.39 is 0 Å². The summed E-state index contributed by atoms with van der Waals surface area (Å²) in [7, 11) is 0. The van der Waals surface area contributed by atoms with Gasteiger partial charge in [0, 0.05) is 24.3 Å². The van der Waals surface area contributed by atoms with Gasteiger partial charge < -0.3 is 10.6 Å². The normalized spacial score (nSPS) is 21.9. The number of hydrogen-bond donors (Lipinski definition) is 1. The van der Waals surface area contributed by atoms with Crippen LogP contribution in [0.2, 0.25) is 0 Å². The molecule has 0 spiro atoms. The molecule has 0 amide bonds. The van der Waals surface area contributed by atoms with Crippen LogP contribution in [0, 0.1) is 23.0 Å². The molecule has 1 saturated carbocycles. The summed E-state index contributed by atoms with van der Waals surface area (Å²) in [6.45, 7) is 5.48. The minimum absolute atomic E-state index is 0.197. The van der Waals surface area contributed by atoms with Crippen LogP contribution in [0.25, 0.3) is 0 Å². The molecule has 0 heterocycles. The number of nitrogens with two attached hydrogens (primary N) is 1. The van der Waals surface area contributed by atoms with Crippen LogP contribution in [0.15, 0.2) is 18.2 Å². The average molecular weight is 277 g/mol. The van der Waals surface area contributed by atoms with E-state index in [9.17, 15) is 10.1 Å². The van der Waals surface area contributed by atoms with Gasteiger partial charge in [-0.1, -0.05) is 12.5 Å². The average Bonchev–Trinajstić information content (AvgIpc) is 2.89. The Hall–Kier alpha value is -1.62. The van der Waals surface area contributed by atoms with Gasteiger partial charge in [0.2, 0.25) is 0 Å². The van der Waals surface area contributed by atoms with Crippen LogP contribution in [0.3, 0.4) is 0 Å². The third-order valence-corrected chi connectivity index (χ3v) is 4.45. The minimum Gasteiger partial charge on any atom is -0.368 e. The molecule has 0 radical (unpaired) electrons. The molecule has 1 aliphatic rings. The lowest BCUT2D eigenvalue weighted by Gasteiger charge is -2.34. The Morgan fingerprint density at radius 3 is 2.80 bits per heavy atom. The zero-order valence-corrected chi connectivity index (χ0v) is 12.2. The molecule has 110 valence electrons. The number of anilines is 1. The lowest BCUT2D eigenvalue weighted by molar-refractivity contribution is -0.385. The molecular weight excluding hydrogens is 254 g/mol. The van der Waals surface area contributed by atoms with Crippen molar-refractivity contribution in [2.45, 2.75) is 39.2 Å². The van der Waals surface area contributed by atoms with Crippen LogP contribution in [-0.2, 0) is 0 Å². The second kappa shape index (κ2) is 6.22. The van der Waals surface area contributed by atoms with E-state index in [-0.39, 0.29) is 10.6 Å². The van der Waals surface area contributed by atoms with Crippen molar-refractivity contribution in [3.63, 3.8) is 0 Å². The molecule has 1 aromatic carbocycles. The zero-order chi connectivity index (χ0) is 14.7. The monoisotopic (exact) mass is 277 g/mol. The lowest BCUT2D eigenvalue weighted by Crippen LogP contribution is -2.40. The number of nitro benzene ring substituents is 1. The number of benzene rings is 1. The fraction of sp³-hybridized carbons (Fsp3) is 0.600. The smallest absolute Gasteiger partial charge is 0.274 e. The van der Waals surface area contributed by atoms with E-state index in [2.05, 4.69) is 11.8 Å². The van der Waals surface area contributed by atoms with Gasteiger partial charge >= 0.3 is 0 Å². The summed E-state index contributed by atoms with van der Waals surface area (Å²) in [5, 5.41) is 11.1. The molecule has 0 aromatic heterocycles. The van der Waals surface area contributed by atoms with Crippen molar-refractivity contribution in [2.75, 3.05) is 18.0 Å². The fourth-order valence-electron chi connectivity index (χ4n) is 3.41. The molecule has 5 heteroatoms. The van der Waals surface area contributed by atoms with Crippen LogP contribution < -0.4 is 10.6 Å². The highest BCUT2D eigenvalue weighted by molar-refractivity contribution is 5.62. The molecule has 2 rings (SSSR count). The second-order valence-corrected chi connectivity index (χ2v) is 5.46. The number of nitrogens with zero attached hydrogens (tertiary/aromatic N) is 2. The van der Waals surface area contributed by atoms with Gasteiger partial charge in [0.1, 0.15) is 0 Å². The van der Waals surface area contributed by atoms with Crippen molar-refractivity contribution >= 4 is 11.4 Å². The molecule has 20 heavy (non-hydrogen) atoms. The molecule has 1 aliphatic carbocycles. The van der Waals surface area contributed by atoms with Crippen LogP contribution in [0.4, 0.5) is 11.4 Å². The number of hydrogen-bond acceptors (Lipinski definition) is 4. The molecule has 0 bridgehead atoms. The van der Waals surface area contributed by atoms with E-state index in [1.807, 2.05) is 13.0 Å². The Balaban J connectivity index is 2.37. The Labute approximate surface area is 119 Å². The molecule has 2 atom stereocenters. The van der Waals surface area contributed by atoms with E-state index in [4.69, 9.17) is 5.73 Å². The zero-order valence-electron chi connectivity index (χ0n) is 12.2. The number of rotatable bonds is 5. The molecule has 2 N–H and O–H groups in total. The van der Waals surface area contributed by atoms with Crippen molar-refractivity contribution in [2.24, 2.45) is 11.7 Å². The highest BCUT2D eigenvalue weighted by Gasteiger charge is 2.32. The van der Waals surface area contributed by atoms with E-state index in [1.54, 1.807) is 12.1 Å². The summed E-state index contributed by atoms with van der Waals surface area (Å²) in [6.07, 6.45) is 3.47. The predicted molar refractivity (Wildman–Crippen MR) is 81.0 cm³/mol. The summed E-state index contributed by atoms with van der Waals surface area (Å²) >= 11 is 0. The van der Waals surface area contributed by atoms with E-state index in [0.717, 1.165) is 30.6 Å². The molecule has 0 aliphatic heterocycles.